The fraction of sp³-hybridized carbons (Fsp3) is 0.188. The van der Waals surface area contributed by atoms with Gasteiger partial charge in [0.1, 0.15) is 5.75 Å². The van der Waals surface area contributed by atoms with Crippen molar-refractivity contribution in [3.8, 4) is 5.75 Å². The SMILES string of the molecule is COc1cccc(NC(=O)CNc2cc(Br)ccc2C)c1. The van der Waals surface area contributed by atoms with E-state index in [2.05, 4.69) is 26.6 Å². The van der Waals surface area contributed by atoms with Gasteiger partial charge in [0.05, 0.1) is 13.7 Å². The highest BCUT2D eigenvalue weighted by Crippen LogP contribution is 2.20. The molecule has 0 heterocycles. The Morgan fingerprint density at radius 2 is 2.05 bits per heavy atom. The molecule has 21 heavy (non-hydrogen) atoms. The van der Waals surface area contributed by atoms with Crippen molar-refractivity contribution in [2.45, 2.75) is 6.92 Å². The molecule has 0 saturated heterocycles. The summed E-state index contributed by atoms with van der Waals surface area (Å²) in [6.45, 7) is 2.20. The van der Waals surface area contributed by atoms with E-state index in [1.165, 1.54) is 0 Å². The van der Waals surface area contributed by atoms with E-state index in [0.717, 1.165) is 15.7 Å². The Balaban J connectivity index is 1.94. The summed E-state index contributed by atoms with van der Waals surface area (Å²) in [7, 11) is 1.60. The molecule has 0 aliphatic heterocycles. The summed E-state index contributed by atoms with van der Waals surface area (Å²) in [5, 5.41) is 5.96. The van der Waals surface area contributed by atoms with E-state index < -0.39 is 0 Å². The summed E-state index contributed by atoms with van der Waals surface area (Å²) in [6, 6.07) is 13.2. The zero-order valence-corrected chi connectivity index (χ0v) is 13.5. The molecule has 5 heteroatoms. The van der Waals surface area contributed by atoms with E-state index in [1.807, 2.05) is 43.3 Å². The molecule has 110 valence electrons. The molecule has 0 radical (unpaired) electrons. The van der Waals surface area contributed by atoms with E-state index in [0.29, 0.717) is 11.4 Å². The molecular formula is C16H17BrN2O2. The molecule has 0 bridgehead atoms. The van der Waals surface area contributed by atoms with Crippen LogP contribution in [0.15, 0.2) is 46.9 Å². The predicted molar refractivity (Wildman–Crippen MR) is 89.0 cm³/mol. The van der Waals surface area contributed by atoms with Crippen molar-refractivity contribution in [2.75, 3.05) is 24.3 Å². The van der Waals surface area contributed by atoms with Gasteiger partial charge < -0.3 is 15.4 Å². The number of hydrogen-bond donors (Lipinski definition) is 2. The Kier molecular flexibility index (Phi) is 5.22. The maximum absolute atomic E-state index is 12.0. The van der Waals surface area contributed by atoms with Crippen LogP contribution in [0, 0.1) is 6.92 Å². The first kappa shape index (κ1) is 15.4. The number of aryl methyl sites for hydroxylation is 1. The number of ether oxygens (including phenoxy) is 1. The Labute approximate surface area is 132 Å². The monoisotopic (exact) mass is 348 g/mol. The maximum Gasteiger partial charge on any atom is 0.243 e. The summed E-state index contributed by atoms with van der Waals surface area (Å²) in [5.74, 6) is 0.603. The number of halogens is 1. The van der Waals surface area contributed by atoms with Crippen molar-refractivity contribution < 1.29 is 9.53 Å². The molecule has 0 aromatic heterocycles. The van der Waals surface area contributed by atoms with E-state index >= 15 is 0 Å². The first-order valence-electron chi connectivity index (χ1n) is 6.52. The molecule has 4 nitrogen and oxygen atoms in total. The summed E-state index contributed by atoms with van der Waals surface area (Å²) in [6.07, 6.45) is 0. The fourth-order valence-corrected chi connectivity index (χ4v) is 2.23. The smallest absolute Gasteiger partial charge is 0.243 e. The number of methoxy groups -OCH3 is 1. The molecule has 1 amide bonds. The van der Waals surface area contributed by atoms with Gasteiger partial charge in [-0.05, 0) is 36.8 Å². The van der Waals surface area contributed by atoms with Crippen molar-refractivity contribution in [2.24, 2.45) is 0 Å². The maximum atomic E-state index is 12.0. The number of hydrogen-bond acceptors (Lipinski definition) is 3. The largest absolute Gasteiger partial charge is 0.497 e. The van der Waals surface area contributed by atoms with Gasteiger partial charge >= 0.3 is 0 Å². The van der Waals surface area contributed by atoms with Gasteiger partial charge in [-0.15, -0.1) is 0 Å². The minimum Gasteiger partial charge on any atom is -0.497 e. The number of amides is 1. The second-order valence-corrected chi connectivity index (χ2v) is 5.51. The molecule has 0 aliphatic carbocycles. The van der Waals surface area contributed by atoms with Gasteiger partial charge in [0.15, 0.2) is 0 Å². The lowest BCUT2D eigenvalue weighted by Gasteiger charge is -2.11. The van der Waals surface area contributed by atoms with Crippen LogP contribution < -0.4 is 15.4 Å². The third-order valence-electron chi connectivity index (χ3n) is 2.99. The van der Waals surface area contributed by atoms with Gasteiger partial charge in [-0.2, -0.15) is 0 Å². The van der Waals surface area contributed by atoms with Crippen molar-refractivity contribution in [3.63, 3.8) is 0 Å². The van der Waals surface area contributed by atoms with Crippen LogP contribution in [0.2, 0.25) is 0 Å². The summed E-state index contributed by atoms with van der Waals surface area (Å²) < 4.78 is 6.10. The summed E-state index contributed by atoms with van der Waals surface area (Å²) in [5.41, 5.74) is 2.74. The van der Waals surface area contributed by atoms with Crippen LogP contribution in [0.3, 0.4) is 0 Å². The highest BCUT2D eigenvalue weighted by atomic mass is 79.9. The average Bonchev–Trinajstić information content (AvgIpc) is 2.48. The lowest BCUT2D eigenvalue weighted by molar-refractivity contribution is -0.114. The first-order chi connectivity index (χ1) is 10.1. The van der Waals surface area contributed by atoms with Crippen LogP contribution in [0.4, 0.5) is 11.4 Å². The van der Waals surface area contributed by atoms with Gasteiger partial charge in [0.2, 0.25) is 5.91 Å². The number of rotatable bonds is 5. The highest BCUT2D eigenvalue weighted by Gasteiger charge is 2.05. The van der Waals surface area contributed by atoms with E-state index in [-0.39, 0.29) is 12.5 Å². The average molecular weight is 349 g/mol. The van der Waals surface area contributed by atoms with Crippen LogP contribution in [0.5, 0.6) is 5.75 Å². The van der Waals surface area contributed by atoms with Gasteiger partial charge in [-0.3, -0.25) is 4.79 Å². The Bertz CT molecular complexity index is 644. The topological polar surface area (TPSA) is 50.4 Å². The molecule has 0 saturated carbocycles. The van der Waals surface area contributed by atoms with Gasteiger partial charge in [0.25, 0.3) is 0 Å². The van der Waals surface area contributed by atoms with Crippen molar-refractivity contribution in [3.05, 3.63) is 52.5 Å². The standard InChI is InChI=1S/C16H17BrN2O2/c1-11-6-7-12(17)8-15(11)18-10-16(20)19-13-4-3-5-14(9-13)21-2/h3-9,18H,10H2,1-2H3,(H,19,20). The number of anilines is 2. The van der Waals surface area contributed by atoms with E-state index in [9.17, 15) is 4.79 Å². The van der Waals surface area contributed by atoms with Crippen LogP contribution in [-0.2, 0) is 4.79 Å². The van der Waals surface area contributed by atoms with Gasteiger partial charge in [0, 0.05) is 21.9 Å². The van der Waals surface area contributed by atoms with E-state index in [4.69, 9.17) is 4.74 Å². The van der Waals surface area contributed by atoms with Crippen molar-refractivity contribution >= 4 is 33.2 Å². The minimum absolute atomic E-state index is 0.109. The van der Waals surface area contributed by atoms with Crippen LogP contribution in [0.1, 0.15) is 5.56 Å². The second-order valence-electron chi connectivity index (χ2n) is 4.59. The second kappa shape index (κ2) is 7.13. The molecule has 2 rings (SSSR count). The molecule has 0 atom stereocenters. The van der Waals surface area contributed by atoms with Crippen LogP contribution in [0.25, 0.3) is 0 Å². The van der Waals surface area contributed by atoms with Crippen LogP contribution >= 0.6 is 15.9 Å². The Morgan fingerprint density at radius 3 is 2.81 bits per heavy atom. The molecule has 2 N–H and O–H groups in total. The molecule has 2 aromatic rings. The summed E-state index contributed by atoms with van der Waals surface area (Å²) in [4.78, 5) is 12.0. The zero-order valence-electron chi connectivity index (χ0n) is 11.9. The highest BCUT2D eigenvalue weighted by molar-refractivity contribution is 9.10. The summed E-state index contributed by atoms with van der Waals surface area (Å²) >= 11 is 3.42. The Hall–Kier alpha value is -2.01. The third-order valence-corrected chi connectivity index (χ3v) is 3.49. The first-order valence-corrected chi connectivity index (χ1v) is 7.31. The normalized spacial score (nSPS) is 10.0. The predicted octanol–water partition coefficient (Wildman–Crippen LogP) is 3.82. The van der Waals surface area contributed by atoms with Crippen molar-refractivity contribution in [1.29, 1.82) is 0 Å². The van der Waals surface area contributed by atoms with Gasteiger partial charge in [-0.1, -0.05) is 28.1 Å². The number of nitrogens with one attached hydrogen (secondary N) is 2. The van der Waals surface area contributed by atoms with E-state index in [1.54, 1.807) is 13.2 Å². The lowest BCUT2D eigenvalue weighted by atomic mass is 10.2. The number of carbonyl (C=O) groups is 1. The molecule has 0 unspecified atom stereocenters. The van der Waals surface area contributed by atoms with Crippen LogP contribution in [-0.4, -0.2) is 19.6 Å². The quantitative estimate of drug-likeness (QED) is 0.863. The molecule has 0 fully saturated rings. The zero-order chi connectivity index (χ0) is 15.2. The molecule has 2 aromatic carbocycles. The molecular weight excluding hydrogens is 332 g/mol. The fourth-order valence-electron chi connectivity index (χ4n) is 1.87. The number of carbonyl (C=O) groups excluding carboxylic acids is 1. The number of benzene rings is 2. The van der Waals surface area contributed by atoms with Gasteiger partial charge in [-0.25, -0.2) is 0 Å². The minimum atomic E-state index is -0.109. The molecule has 0 aliphatic rings. The third kappa shape index (κ3) is 4.49. The lowest BCUT2D eigenvalue weighted by Crippen LogP contribution is -2.22. The molecule has 0 spiro atoms. The van der Waals surface area contributed by atoms with Crippen molar-refractivity contribution in [1.82, 2.24) is 0 Å². The Morgan fingerprint density at radius 1 is 1.24 bits per heavy atom.